The highest BCUT2D eigenvalue weighted by atomic mass is 35.5. The van der Waals surface area contributed by atoms with Gasteiger partial charge < -0.3 is 24.6 Å². The smallest absolute Gasteiger partial charge is 0.338 e. The number of carbonyl (C=O) groups excluding carboxylic acids is 3. The third-order valence-electron chi connectivity index (χ3n) is 4.51. The number of esters is 1. The number of piperazine rings is 1. The summed E-state index contributed by atoms with van der Waals surface area (Å²) < 4.78 is 9.80. The van der Waals surface area contributed by atoms with Crippen LogP contribution in [0.15, 0.2) is 24.3 Å². The highest BCUT2D eigenvalue weighted by Crippen LogP contribution is 2.26. The standard InChI is InChI=1S/C18H22ClN3O5/c1-2-26-18(25)16-15(27-16)17(24)20-11-14(23)22-9-7-21(8-10-22)13-6-4-3-5-12(13)19/h3-6,15-16H,2,7-11H2,1H3,(H,20,24). The van der Waals surface area contributed by atoms with Gasteiger partial charge in [0.25, 0.3) is 5.91 Å². The van der Waals surface area contributed by atoms with Crippen LogP contribution < -0.4 is 10.2 Å². The summed E-state index contributed by atoms with van der Waals surface area (Å²) in [7, 11) is 0. The number of nitrogens with one attached hydrogen (secondary N) is 1. The van der Waals surface area contributed by atoms with Gasteiger partial charge >= 0.3 is 5.97 Å². The van der Waals surface area contributed by atoms with Crippen molar-refractivity contribution in [2.75, 3.05) is 44.2 Å². The quantitative estimate of drug-likeness (QED) is 0.555. The molecule has 2 fully saturated rings. The number of hydrogen-bond acceptors (Lipinski definition) is 6. The molecule has 0 aliphatic carbocycles. The maximum absolute atomic E-state index is 12.3. The average Bonchev–Trinajstić information content (AvgIpc) is 3.48. The molecule has 146 valence electrons. The van der Waals surface area contributed by atoms with Gasteiger partial charge in [-0.1, -0.05) is 23.7 Å². The lowest BCUT2D eigenvalue weighted by Crippen LogP contribution is -2.51. The van der Waals surface area contributed by atoms with Gasteiger partial charge in [-0.15, -0.1) is 0 Å². The van der Waals surface area contributed by atoms with Crippen LogP contribution in [-0.4, -0.2) is 74.2 Å². The second-order valence-corrected chi connectivity index (χ2v) is 6.67. The minimum Gasteiger partial charge on any atom is -0.464 e. The highest BCUT2D eigenvalue weighted by Gasteiger charge is 2.51. The summed E-state index contributed by atoms with van der Waals surface area (Å²) in [6.45, 7) is 4.21. The van der Waals surface area contributed by atoms with E-state index in [4.69, 9.17) is 21.1 Å². The number of halogens is 1. The zero-order chi connectivity index (χ0) is 19.4. The lowest BCUT2D eigenvalue weighted by molar-refractivity contribution is -0.144. The molecule has 0 bridgehead atoms. The Kier molecular flexibility index (Phi) is 6.18. The van der Waals surface area contributed by atoms with Crippen molar-refractivity contribution in [3.05, 3.63) is 29.3 Å². The van der Waals surface area contributed by atoms with E-state index < -0.39 is 24.1 Å². The molecule has 2 heterocycles. The first-order chi connectivity index (χ1) is 13.0. The SMILES string of the molecule is CCOC(=O)C1OC1C(=O)NCC(=O)N1CCN(c2ccccc2Cl)CC1. The van der Waals surface area contributed by atoms with Crippen molar-refractivity contribution in [3.8, 4) is 0 Å². The first kappa shape index (κ1) is 19.4. The Bertz CT molecular complexity index is 721. The van der Waals surface area contributed by atoms with Crippen LogP contribution in [0.3, 0.4) is 0 Å². The number of hydrogen-bond donors (Lipinski definition) is 1. The van der Waals surface area contributed by atoms with Gasteiger partial charge in [-0.25, -0.2) is 4.79 Å². The van der Waals surface area contributed by atoms with Crippen LogP contribution in [0.2, 0.25) is 5.02 Å². The number of carbonyl (C=O) groups is 3. The molecular weight excluding hydrogens is 374 g/mol. The maximum atomic E-state index is 12.3. The van der Waals surface area contributed by atoms with E-state index in [0.29, 0.717) is 31.2 Å². The molecule has 2 aliphatic rings. The van der Waals surface area contributed by atoms with Crippen molar-refractivity contribution in [2.24, 2.45) is 0 Å². The zero-order valence-electron chi connectivity index (χ0n) is 15.0. The summed E-state index contributed by atoms with van der Waals surface area (Å²) in [6, 6.07) is 7.60. The molecule has 27 heavy (non-hydrogen) atoms. The third kappa shape index (κ3) is 4.70. The molecule has 2 saturated heterocycles. The first-order valence-corrected chi connectivity index (χ1v) is 9.26. The lowest BCUT2D eigenvalue weighted by Gasteiger charge is -2.36. The molecule has 2 atom stereocenters. The van der Waals surface area contributed by atoms with Crippen molar-refractivity contribution in [1.82, 2.24) is 10.2 Å². The average molecular weight is 396 g/mol. The molecule has 1 N–H and O–H groups in total. The lowest BCUT2D eigenvalue weighted by atomic mass is 10.2. The van der Waals surface area contributed by atoms with Crippen LogP contribution in [-0.2, 0) is 23.9 Å². The molecular formula is C18H22ClN3O5. The van der Waals surface area contributed by atoms with Gasteiger partial charge in [-0.3, -0.25) is 9.59 Å². The molecule has 0 radical (unpaired) electrons. The fourth-order valence-electron chi connectivity index (χ4n) is 3.00. The summed E-state index contributed by atoms with van der Waals surface area (Å²) in [4.78, 5) is 39.5. The third-order valence-corrected chi connectivity index (χ3v) is 4.83. The molecule has 3 rings (SSSR count). The minimum absolute atomic E-state index is 0.125. The van der Waals surface area contributed by atoms with Gasteiger partial charge in [0, 0.05) is 26.2 Å². The number of nitrogens with zero attached hydrogens (tertiary/aromatic N) is 2. The summed E-state index contributed by atoms with van der Waals surface area (Å²) in [5.74, 6) is -1.20. The number of epoxide rings is 1. The van der Waals surface area contributed by atoms with E-state index in [0.717, 1.165) is 5.69 Å². The minimum atomic E-state index is -0.867. The fraction of sp³-hybridized carbons (Fsp3) is 0.500. The second kappa shape index (κ2) is 8.58. The van der Waals surface area contributed by atoms with Crippen LogP contribution in [0, 0.1) is 0 Å². The van der Waals surface area contributed by atoms with Crippen molar-refractivity contribution in [1.29, 1.82) is 0 Å². The zero-order valence-corrected chi connectivity index (χ0v) is 15.8. The number of amides is 2. The molecule has 0 aromatic heterocycles. The Labute approximate surface area is 162 Å². The number of anilines is 1. The van der Waals surface area contributed by atoms with Gasteiger partial charge in [0.1, 0.15) is 0 Å². The van der Waals surface area contributed by atoms with Crippen molar-refractivity contribution in [2.45, 2.75) is 19.1 Å². The summed E-state index contributed by atoms with van der Waals surface area (Å²) in [5, 5.41) is 3.21. The van der Waals surface area contributed by atoms with E-state index in [1.807, 2.05) is 24.3 Å². The van der Waals surface area contributed by atoms with Crippen LogP contribution >= 0.6 is 11.6 Å². The highest BCUT2D eigenvalue weighted by molar-refractivity contribution is 6.33. The Morgan fingerprint density at radius 2 is 1.89 bits per heavy atom. The Balaban J connectivity index is 1.41. The van der Waals surface area contributed by atoms with Gasteiger partial charge in [0.05, 0.1) is 23.9 Å². The van der Waals surface area contributed by atoms with Crippen LogP contribution in [0.5, 0.6) is 0 Å². The van der Waals surface area contributed by atoms with Gasteiger partial charge in [-0.2, -0.15) is 0 Å². The van der Waals surface area contributed by atoms with E-state index in [9.17, 15) is 14.4 Å². The van der Waals surface area contributed by atoms with Gasteiger partial charge in [0.2, 0.25) is 5.91 Å². The molecule has 1 aromatic rings. The van der Waals surface area contributed by atoms with Crippen molar-refractivity contribution < 1.29 is 23.9 Å². The van der Waals surface area contributed by atoms with E-state index in [-0.39, 0.29) is 19.1 Å². The van der Waals surface area contributed by atoms with Gasteiger partial charge in [-0.05, 0) is 19.1 Å². The molecule has 8 nitrogen and oxygen atoms in total. The second-order valence-electron chi connectivity index (χ2n) is 6.27. The summed E-state index contributed by atoms with van der Waals surface area (Å²) >= 11 is 6.22. The Morgan fingerprint density at radius 1 is 1.19 bits per heavy atom. The van der Waals surface area contributed by atoms with Crippen LogP contribution in [0.25, 0.3) is 0 Å². The summed E-state index contributed by atoms with van der Waals surface area (Å²) in [6.07, 6.45) is -1.73. The van der Waals surface area contributed by atoms with Crippen LogP contribution in [0.4, 0.5) is 5.69 Å². The molecule has 0 spiro atoms. The largest absolute Gasteiger partial charge is 0.464 e. The number of ether oxygens (including phenoxy) is 2. The fourth-order valence-corrected chi connectivity index (χ4v) is 3.25. The molecule has 1 aromatic carbocycles. The topological polar surface area (TPSA) is 91.5 Å². The molecule has 2 amide bonds. The number of benzene rings is 1. The number of para-hydroxylation sites is 1. The van der Waals surface area contributed by atoms with Crippen molar-refractivity contribution >= 4 is 35.1 Å². The van der Waals surface area contributed by atoms with E-state index >= 15 is 0 Å². The number of rotatable bonds is 6. The normalized spacial score (nSPS) is 21.6. The molecule has 2 aliphatic heterocycles. The molecule has 0 saturated carbocycles. The van der Waals surface area contributed by atoms with Crippen molar-refractivity contribution in [3.63, 3.8) is 0 Å². The van der Waals surface area contributed by atoms with E-state index in [2.05, 4.69) is 10.2 Å². The monoisotopic (exact) mass is 395 g/mol. The first-order valence-electron chi connectivity index (χ1n) is 8.88. The van der Waals surface area contributed by atoms with E-state index in [1.165, 1.54) is 0 Å². The predicted molar refractivity (Wildman–Crippen MR) is 98.5 cm³/mol. The van der Waals surface area contributed by atoms with Gasteiger partial charge in [0.15, 0.2) is 12.2 Å². The molecule has 2 unspecified atom stereocenters. The Morgan fingerprint density at radius 3 is 2.56 bits per heavy atom. The summed E-state index contributed by atoms with van der Waals surface area (Å²) in [5.41, 5.74) is 0.954. The molecule has 9 heteroatoms. The predicted octanol–water partition coefficient (Wildman–Crippen LogP) is 0.435. The Hall–Kier alpha value is -2.32. The van der Waals surface area contributed by atoms with Crippen LogP contribution in [0.1, 0.15) is 6.92 Å². The van der Waals surface area contributed by atoms with E-state index in [1.54, 1.807) is 11.8 Å². The maximum Gasteiger partial charge on any atom is 0.338 e.